The predicted molar refractivity (Wildman–Crippen MR) is 141 cm³/mol. The van der Waals surface area contributed by atoms with Crippen LogP contribution in [0, 0.1) is 6.92 Å². The van der Waals surface area contributed by atoms with Gasteiger partial charge in [-0.05, 0) is 36.1 Å². The van der Waals surface area contributed by atoms with Gasteiger partial charge in [0.05, 0.1) is 18.3 Å². The second-order valence-corrected chi connectivity index (χ2v) is 9.99. The summed E-state index contributed by atoms with van der Waals surface area (Å²) < 4.78 is 11.2. The van der Waals surface area contributed by atoms with E-state index < -0.39 is 6.10 Å². The summed E-state index contributed by atoms with van der Waals surface area (Å²) in [5, 5.41) is 16.6. The first-order chi connectivity index (χ1) is 18.9. The molecular formula is C27H33N7O5. The normalized spacial score (nSPS) is 16.2. The summed E-state index contributed by atoms with van der Waals surface area (Å²) in [4.78, 5) is 40.0. The third-order valence-corrected chi connectivity index (χ3v) is 7.12. The minimum atomic E-state index is -0.729. The van der Waals surface area contributed by atoms with Crippen LogP contribution < -0.4 is 15.4 Å². The van der Waals surface area contributed by atoms with Gasteiger partial charge in [0.1, 0.15) is 30.2 Å². The number of hydrogen-bond acceptors (Lipinski definition) is 10. The number of amides is 2. The molecule has 0 radical (unpaired) electrons. The zero-order valence-electron chi connectivity index (χ0n) is 22.1. The Hall–Kier alpha value is -4.03. The van der Waals surface area contributed by atoms with Crippen molar-refractivity contribution >= 4 is 17.6 Å². The molecule has 12 nitrogen and oxygen atoms in total. The smallest absolute Gasteiger partial charge is 0.270 e. The number of aromatic nitrogens is 3. The number of hydrogen-bond donors (Lipinski definition) is 3. The fraction of sp³-hybridized carbons (Fsp3) is 0.444. The number of carbonyl (C=O) groups excluding carboxylic acids is 2. The lowest BCUT2D eigenvalue weighted by atomic mass is 9.94. The summed E-state index contributed by atoms with van der Waals surface area (Å²) in [6.07, 6.45) is 4.48. The summed E-state index contributed by atoms with van der Waals surface area (Å²) in [6.45, 7) is 7.20. The topological polar surface area (TPSA) is 146 Å². The Kier molecular flexibility index (Phi) is 8.03. The van der Waals surface area contributed by atoms with Gasteiger partial charge in [-0.2, -0.15) is 0 Å². The average molecular weight is 536 g/mol. The van der Waals surface area contributed by atoms with Crippen LogP contribution in [-0.4, -0.2) is 86.5 Å². The predicted octanol–water partition coefficient (Wildman–Crippen LogP) is 1.14. The van der Waals surface area contributed by atoms with E-state index in [-0.39, 0.29) is 30.1 Å². The van der Waals surface area contributed by atoms with Crippen molar-refractivity contribution < 1.29 is 23.8 Å². The Bertz CT molecular complexity index is 1310. The molecule has 4 heterocycles. The van der Waals surface area contributed by atoms with Crippen molar-refractivity contribution in [2.24, 2.45) is 0 Å². The maximum atomic E-state index is 12.6. The van der Waals surface area contributed by atoms with Crippen LogP contribution in [0.2, 0.25) is 0 Å². The van der Waals surface area contributed by atoms with Gasteiger partial charge in [-0.3, -0.25) is 14.5 Å². The number of carbonyl (C=O) groups is 2. The van der Waals surface area contributed by atoms with Crippen molar-refractivity contribution in [2.75, 3.05) is 38.0 Å². The van der Waals surface area contributed by atoms with Crippen LogP contribution in [0.15, 0.2) is 41.5 Å². The lowest BCUT2D eigenvalue weighted by Gasteiger charge is -2.39. The molecule has 0 saturated carbocycles. The van der Waals surface area contributed by atoms with Gasteiger partial charge in [0.2, 0.25) is 5.91 Å². The van der Waals surface area contributed by atoms with Crippen LogP contribution in [0.25, 0.3) is 0 Å². The summed E-state index contributed by atoms with van der Waals surface area (Å²) in [6, 6.07) is 5.71. The van der Waals surface area contributed by atoms with Crippen molar-refractivity contribution in [2.45, 2.75) is 45.6 Å². The third-order valence-electron chi connectivity index (χ3n) is 7.12. The van der Waals surface area contributed by atoms with Crippen molar-refractivity contribution in [3.05, 3.63) is 65.3 Å². The van der Waals surface area contributed by atoms with Gasteiger partial charge in [-0.15, -0.1) is 0 Å². The molecule has 206 valence electrons. The minimum absolute atomic E-state index is 0.0390. The molecule has 12 heteroatoms. The van der Waals surface area contributed by atoms with E-state index in [4.69, 9.17) is 9.15 Å². The number of rotatable bonds is 10. The SMILES string of the molecule is CC(=O)N1CC(Nc2cc(C(=O)NCC(O)CN3CCc4c(ccc(OCc5cnco5)c4C)C3)ncn2)C1. The molecular weight excluding hydrogens is 502 g/mol. The number of fused-ring (bicyclic) bond motifs is 1. The highest BCUT2D eigenvalue weighted by atomic mass is 16.5. The standard InChI is InChI=1S/C27H33N7O5/c1-17-23-5-6-33(10-19(23)3-4-25(17)38-14-22-9-28-16-39-22)13-21(36)8-29-27(37)24-7-26(31-15-30-24)32-20-11-34(12-20)18(2)35/h3-4,7,9,15-16,20-21,36H,5-6,8,10-14H2,1-2H3,(H,29,37)(H,30,31,32). The van der Waals surface area contributed by atoms with E-state index in [0.29, 0.717) is 44.4 Å². The van der Waals surface area contributed by atoms with E-state index in [1.807, 2.05) is 6.07 Å². The first-order valence-corrected chi connectivity index (χ1v) is 13.0. The number of ether oxygens (including phenoxy) is 1. The molecule has 0 bridgehead atoms. The van der Waals surface area contributed by atoms with Crippen LogP contribution >= 0.6 is 0 Å². The van der Waals surface area contributed by atoms with Gasteiger partial charge < -0.3 is 29.8 Å². The number of anilines is 1. The Morgan fingerprint density at radius 3 is 2.90 bits per heavy atom. The lowest BCUT2D eigenvalue weighted by molar-refractivity contribution is -0.132. The van der Waals surface area contributed by atoms with Gasteiger partial charge in [-0.25, -0.2) is 15.0 Å². The molecule has 39 heavy (non-hydrogen) atoms. The molecule has 1 fully saturated rings. The number of likely N-dealkylation sites (tertiary alicyclic amines) is 1. The van der Waals surface area contributed by atoms with E-state index >= 15 is 0 Å². The molecule has 0 spiro atoms. The van der Waals surface area contributed by atoms with Crippen LogP contribution in [0.5, 0.6) is 5.75 Å². The fourth-order valence-corrected chi connectivity index (χ4v) is 4.91. The third kappa shape index (κ3) is 6.52. The van der Waals surface area contributed by atoms with Crippen LogP contribution in [0.1, 0.15) is 39.9 Å². The summed E-state index contributed by atoms with van der Waals surface area (Å²) in [5.74, 6) is 1.69. The Labute approximate surface area is 226 Å². The zero-order valence-corrected chi connectivity index (χ0v) is 22.1. The van der Waals surface area contributed by atoms with Gasteiger partial charge in [-0.1, -0.05) is 6.07 Å². The first-order valence-electron chi connectivity index (χ1n) is 13.0. The second-order valence-electron chi connectivity index (χ2n) is 9.99. The van der Waals surface area contributed by atoms with E-state index in [2.05, 4.69) is 43.5 Å². The Morgan fingerprint density at radius 2 is 2.13 bits per heavy atom. The largest absolute Gasteiger partial charge is 0.485 e. The summed E-state index contributed by atoms with van der Waals surface area (Å²) in [7, 11) is 0. The van der Waals surface area contributed by atoms with Crippen molar-refractivity contribution in [3.8, 4) is 5.75 Å². The highest BCUT2D eigenvalue weighted by Gasteiger charge is 2.29. The maximum absolute atomic E-state index is 12.6. The minimum Gasteiger partial charge on any atom is -0.485 e. The van der Waals surface area contributed by atoms with Gasteiger partial charge >= 0.3 is 0 Å². The number of β-amino-alcohol motifs (C(OH)–C–C–N with tert-alkyl or cyclic N) is 1. The van der Waals surface area contributed by atoms with Crippen molar-refractivity contribution in [3.63, 3.8) is 0 Å². The van der Waals surface area contributed by atoms with Crippen LogP contribution in [0.4, 0.5) is 5.82 Å². The molecule has 1 aromatic carbocycles. The Balaban J connectivity index is 1.08. The first kappa shape index (κ1) is 26.6. The number of benzene rings is 1. The fourth-order valence-electron chi connectivity index (χ4n) is 4.91. The highest BCUT2D eigenvalue weighted by Crippen LogP contribution is 2.30. The molecule has 5 rings (SSSR count). The molecule has 1 saturated heterocycles. The average Bonchev–Trinajstić information content (AvgIpc) is 3.42. The van der Waals surface area contributed by atoms with Crippen LogP contribution in [0.3, 0.4) is 0 Å². The van der Waals surface area contributed by atoms with E-state index in [0.717, 1.165) is 24.3 Å². The van der Waals surface area contributed by atoms with Gasteiger partial charge in [0.25, 0.3) is 5.91 Å². The molecule has 0 aliphatic carbocycles. The van der Waals surface area contributed by atoms with Crippen molar-refractivity contribution in [1.29, 1.82) is 0 Å². The number of aliphatic hydroxyl groups excluding tert-OH is 1. The zero-order chi connectivity index (χ0) is 27.4. The number of nitrogens with zero attached hydrogens (tertiary/aromatic N) is 5. The maximum Gasteiger partial charge on any atom is 0.270 e. The summed E-state index contributed by atoms with van der Waals surface area (Å²) >= 11 is 0. The molecule has 3 aromatic rings. The molecule has 1 atom stereocenters. The molecule has 3 N–H and O–H groups in total. The van der Waals surface area contributed by atoms with E-state index in [1.54, 1.807) is 17.2 Å². The number of aliphatic hydroxyl groups is 1. The lowest BCUT2D eigenvalue weighted by Crippen LogP contribution is -2.56. The molecule has 2 amide bonds. The quantitative estimate of drug-likeness (QED) is 0.345. The molecule has 1 unspecified atom stereocenters. The highest BCUT2D eigenvalue weighted by molar-refractivity contribution is 5.92. The number of oxazole rings is 1. The van der Waals surface area contributed by atoms with Gasteiger partial charge in [0.15, 0.2) is 12.2 Å². The van der Waals surface area contributed by atoms with E-state index in [9.17, 15) is 14.7 Å². The monoisotopic (exact) mass is 535 g/mol. The molecule has 2 aliphatic heterocycles. The van der Waals surface area contributed by atoms with Gasteiger partial charge in [0, 0.05) is 52.3 Å². The second kappa shape index (κ2) is 11.8. The Morgan fingerprint density at radius 1 is 1.28 bits per heavy atom. The van der Waals surface area contributed by atoms with E-state index in [1.165, 1.54) is 30.8 Å². The summed E-state index contributed by atoms with van der Waals surface area (Å²) in [5.41, 5.74) is 3.81. The van der Waals surface area contributed by atoms with Crippen LogP contribution in [-0.2, 0) is 24.4 Å². The molecule has 2 aromatic heterocycles. The number of nitrogens with one attached hydrogen (secondary N) is 2. The molecule has 2 aliphatic rings. The van der Waals surface area contributed by atoms with Crippen molar-refractivity contribution in [1.82, 2.24) is 30.1 Å².